The van der Waals surface area contributed by atoms with Gasteiger partial charge in [-0.3, -0.25) is 9.59 Å². The third-order valence-corrected chi connectivity index (χ3v) is 5.97. The maximum atomic E-state index is 13.3. The lowest BCUT2D eigenvalue weighted by molar-refractivity contribution is -0.143. The molecular formula is C22H31N3O4. The van der Waals surface area contributed by atoms with Crippen molar-refractivity contribution in [2.45, 2.75) is 51.1 Å². The number of rotatable bonds is 5. The molecule has 1 aromatic carbocycles. The number of carbonyl (C=O) groups excluding carboxylic acids is 2. The second-order valence-corrected chi connectivity index (χ2v) is 7.76. The maximum Gasteiger partial charge on any atom is 0.247 e. The van der Waals surface area contributed by atoms with Crippen LogP contribution in [0.4, 0.5) is 5.69 Å². The second-order valence-electron chi connectivity index (χ2n) is 7.76. The van der Waals surface area contributed by atoms with Crippen LogP contribution in [-0.2, 0) is 9.59 Å². The van der Waals surface area contributed by atoms with Gasteiger partial charge < -0.3 is 25.0 Å². The minimum atomic E-state index is -1.05. The van der Waals surface area contributed by atoms with E-state index in [4.69, 9.17) is 9.47 Å². The van der Waals surface area contributed by atoms with E-state index in [2.05, 4.69) is 10.6 Å². The van der Waals surface area contributed by atoms with Crippen molar-refractivity contribution in [3.63, 3.8) is 0 Å². The van der Waals surface area contributed by atoms with Crippen molar-refractivity contribution < 1.29 is 19.1 Å². The lowest BCUT2D eigenvalue weighted by atomic mass is 9.96. The SMILES string of the molecule is CCN1C(=O)/C=C/c2c(OC)ccc(OC)c2NCC1(C)C(=O)NC1CCCC1. The van der Waals surface area contributed by atoms with Crippen LogP contribution >= 0.6 is 0 Å². The van der Waals surface area contributed by atoms with Gasteiger partial charge in [0, 0.05) is 30.8 Å². The number of likely N-dealkylation sites (N-methyl/N-ethyl adjacent to an activating group) is 1. The van der Waals surface area contributed by atoms with E-state index >= 15 is 0 Å². The average Bonchev–Trinajstić information content (AvgIpc) is 3.24. The normalized spacial score (nSPS) is 23.3. The molecule has 2 aliphatic rings. The molecule has 1 heterocycles. The molecule has 1 unspecified atom stereocenters. The highest BCUT2D eigenvalue weighted by molar-refractivity contribution is 5.99. The van der Waals surface area contributed by atoms with Crippen LogP contribution in [0.15, 0.2) is 18.2 Å². The number of hydrogen-bond donors (Lipinski definition) is 2. The molecule has 1 fully saturated rings. The van der Waals surface area contributed by atoms with Crippen molar-refractivity contribution >= 4 is 23.6 Å². The van der Waals surface area contributed by atoms with Crippen LogP contribution in [0.1, 0.15) is 45.1 Å². The number of benzene rings is 1. The monoisotopic (exact) mass is 401 g/mol. The van der Waals surface area contributed by atoms with Gasteiger partial charge >= 0.3 is 0 Å². The van der Waals surface area contributed by atoms with Crippen molar-refractivity contribution in [2.24, 2.45) is 0 Å². The third kappa shape index (κ3) is 4.04. The van der Waals surface area contributed by atoms with Crippen LogP contribution in [-0.4, -0.2) is 55.6 Å². The van der Waals surface area contributed by atoms with Gasteiger partial charge in [0.15, 0.2) is 0 Å². The zero-order valence-corrected chi connectivity index (χ0v) is 17.7. The van der Waals surface area contributed by atoms with Gasteiger partial charge in [0.2, 0.25) is 11.8 Å². The second kappa shape index (κ2) is 8.76. The van der Waals surface area contributed by atoms with Crippen molar-refractivity contribution in [1.82, 2.24) is 10.2 Å². The summed E-state index contributed by atoms with van der Waals surface area (Å²) in [6.45, 7) is 4.38. The number of anilines is 1. The Kier molecular flexibility index (Phi) is 6.35. The van der Waals surface area contributed by atoms with E-state index in [9.17, 15) is 9.59 Å². The fourth-order valence-corrected chi connectivity index (χ4v) is 4.24. The van der Waals surface area contributed by atoms with Gasteiger partial charge in [0.1, 0.15) is 17.0 Å². The molecule has 1 aliphatic carbocycles. The van der Waals surface area contributed by atoms with Crippen molar-refractivity contribution in [3.8, 4) is 11.5 Å². The van der Waals surface area contributed by atoms with Gasteiger partial charge in [0.25, 0.3) is 0 Å². The van der Waals surface area contributed by atoms with Crippen LogP contribution in [0.25, 0.3) is 6.08 Å². The van der Waals surface area contributed by atoms with Gasteiger partial charge in [-0.1, -0.05) is 12.8 Å². The van der Waals surface area contributed by atoms with Crippen LogP contribution < -0.4 is 20.1 Å². The number of methoxy groups -OCH3 is 2. The summed E-state index contributed by atoms with van der Waals surface area (Å²) < 4.78 is 11.0. The Morgan fingerprint density at radius 2 is 1.86 bits per heavy atom. The predicted molar refractivity (Wildman–Crippen MR) is 113 cm³/mol. The first-order valence-corrected chi connectivity index (χ1v) is 10.2. The molecule has 1 atom stereocenters. The van der Waals surface area contributed by atoms with Gasteiger partial charge in [0.05, 0.1) is 19.9 Å². The van der Waals surface area contributed by atoms with Crippen molar-refractivity contribution in [2.75, 3.05) is 32.6 Å². The number of carbonyl (C=O) groups is 2. The zero-order valence-electron chi connectivity index (χ0n) is 17.7. The molecular weight excluding hydrogens is 370 g/mol. The first-order valence-electron chi connectivity index (χ1n) is 10.2. The number of amides is 2. The minimum Gasteiger partial charge on any atom is -0.496 e. The van der Waals surface area contributed by atoms with E-state index in [1.54, 1.807) is 31.3 Å². The minimum absolute atomic E-state index is 0.134. The molecule has 7 nitrogen and oxygen atoms in total. The van der Waals surface area contributed by atoms with E-state index < -0.39 is 5.54 Å². The molecule has 158 valence electrons. The molecule has 1 saturated carbocycles. The van der Waals surface area contributed by atoms with Gasteiger partial charge in [-0.2, -0.15) is 0 Å². The van der Waals surface area contributed by atoms with Crippen LogP contribution in [0.5, 0.6) is 11.5 Å². The summed E-state index contributed by atoms with van der Waals surface area (Å²) in [6, 6.07) is 3.79. The molecule has 7 heteroatoms. The molecule has 0 radical (unpaired) electrons. The molecule has 0 aromatic heterocycles. The Hall–Kier alpha value is -2.70. The zero-order chi connectivity index (χ0) is 21.0. The average molecular weight is 402 g/mol. The molecule has 29 heavy (non-hydrogen) atoms. The molecule has 1 aromatic rings. The Labute approximate surface area is 172 Å². The van der Waals surface area contributed by atoms with Crippen LogP contribution in [0.2, 0.25) is 0 Å². The van der Waals surface area contributed by atoms with Crippen LogP contribution in [0.3, 0.4) is 0 Å². The lowest BCUT2D eigenvalue weighted by Gasteiger charge is -2.39. The van der Waals surface area contributed by atoms with Crippen molar-refractivity contribution in [1.29, 1.82) is 0 Å². The van der Waals surface area contributed by atoms with E-state index in [-0.39, 0.29) is 24.4 Å². The maximum absolute atomic E-state index is 13.3. The van der Waals surface area contributed by atoms with Gasteiger partial charge in [-0.05, 0) is 44.9 Å². The molecule has 0 spiro atoms. The van der Waals surface area contributed by atoms with E-state index in [0.717, 1.165) is 31.2 Å². The van der Waals surface area contributed by atoms with Crippen LogP contribution in [0, 0.1) is 0 Å². The fraction of sp³-hybridized carbons (Fsp3) is 0.545. The Morgan fingerprint density at radius 3 is 2.48 bits per heavy atom. The largest absolute Gasteiger partial charge is 0.496 e. The molecule has 2 N–H and O–H groups in total. The Bertz CT molecular complexity index is 801. The smallest absolute Gasteiger partial charge is 0.247 e. The summed E-state index contributed by atoms with van der Waals surface area (Å²) in [7, 11) is 3.18. The Balaban J connectivity index is 2.01. The number of nitrogens with zero attached hydrogens (tertiary/aromatic N) is 1. The number of ether oxygens (including phenoxy) is 2. The molecule has 3 rings (SSSR count). The van der Waals surface area contributed by atoms with E-state index in [0.29, 0.717) is 23.7 Å². The topological polar surface area (TPSA) is 79.9 Å². The summed E-state index contributed by atoms with van der Waals surface area (Å²) in [6.07, 6.45) is 7.45. The summed E-state index contributed by atoms with van der Waals surface area (Å²) in [5.41, 5.74) is 0.375. The third-order valence-electron chi connectivity index (χ3n) is 5.97. The molecule has 2 amide bonds. The first kappa shape index (κ1) is 21.0. The Morgan fingerprint density at radius 1 is 1.21 bits per heavy atom. The number of hydrogen-bond acceptors (Lipinski definition) is 5. The highest BCUT2D eigenvalue weighted by Crippen LogP contribution is 2.38. The number of nitrogens with one attached hydrogen (secondary N) is 2. The number of fused-ring (bicyclic) bond motifs is 1. The van der Waals surface area contributed by atoms with Crippen molar-refractivity contribution in [3.05, 3.63) is 23.8 Å². The fourth-order valence-electron chi connectivity index (χ4n) is 4.24. The summed E-state index contributed by atoms with van der Waals surface area (Å²) in [5.74, 6) is 0.905. The summed E-state index contributed by atoms with van der Waals surface area (Å²) in [4.78, 5) is 28.0. The highest BCUT2D eigenvalue weighted by atomic mass is 16.5. The molecule has 1 aliphatic heterocycles. The molecule has 0 bridgehead atoms. The quantitative estimate of drug-likeness (QED) is 0.793. The van der Waals surface area contributed by atoms with Gasteiger partial charge in [-0.25, -0.2) is 0 Å². The molecule has 0 saturated heterocycles. The standard InChI is InChI=1S/C22H31N3O4/c1-5-25-19(26)13-10-16-17(28-3)11-12-18(29-4)20(16)23-14-22(25,2)21(27)24-15-8-6-7-9-15/h10-13,15,23H,5-9,14H2,1-4H3,(H,24,27)/b13-10+. The van der Waals surface area contributed by atoms with Gasteiger partial charge in [-0.15, -0.1) is 0 Å². The van der Waals surface area contributed by atoms with E-state index in [1.807, 2.05) is 19.9 Å². The predicted octanol–water partition coefficient (Wildman–Crippen LogP) is 2.81. The first-order chi connectivity index (χ1) is 13.9. The van der Waals surface area contributed by atoms with E-state index in [1.165, 1.54) is 6.08 Å². The summed E-state index contributed by atoms with van der Waals surface area (Å²) in [5, 5.41) is 6.53. The summed E-state index contributed by atoms with van der Waals surface area (Å²) >= 11 is 0. The highest BCUT2D eigenvalue weighted by Gasteiger charge is 2.42. The lowest BCUT2D eigenvalue weighted by Crippen LogP contribution is -2.63.